The summed E-state index contributed by atoms with van der Waals surface area (Å²) in [6.07, 6.45) is 1.39. The second-order valence-electron chi connectivity index (χ2n) is 6.01. The summed E-state index contributed by atoms with van der Waals surface area (Å²) < 4.78 is 26.2. The average Bonchev–Trinajstić information content (AvgIpc) is 2.90. The highest BCUT2D eigenvalue weighted by atomic mass is 32.2. The highest BCUT2D eigenvalue weighted by Gasteiger charge is 2.21. The zero-order chi connectivity index (χ0) is 17.5. The van der Waals surface area contributed by atoms with Crippen molar-refractivity contribution in [2.24, 2.45) is 0 Å². The second kappa shape index (κ2) is 5.87. The Kier molecular flexibility index (Phi) is 4.01. The van der Waals surface area contributed by atoms with Crippen molar-refractivity contribution in [3.8, 4) is 0 Å². The Morgan fingerprint density at radius 1 is 1.04 bits per heavy atom. The molecule has 24 heavy (non-hydrogen) atoms. The van der Waals surface area contributed by atoms with Gasteiger partial charge in [0.05, 0.1) is 15.9 Å². The highest BCUT2D eigenvalue weighted by molar-refractivity contribution is 7.92. The van der Waals surface area contributed by atoms with Crippen molar-refractivity contribution < 1.29 is 13.2 Å². The van der Waals surface area contributed by atoms with Gasteiger partial charge >= 0.3 is 0 Å². The van der Waals surface area contributed by atoms with Crippen LogP contribution in [0.2, 0.25) is 0 Å². The van der Waals surface area contributed by atoms with Crippen molar-refractivity contribution in [2.45, 2.75) is 25.7 Å². The number of hydrogen-bond donors (Lipinski definition) is 0. The maximum absolute atomic E-state index is 12.5. The van der Waals surface area contributed by atoms with E-state index < -0.39 is 21.5 Å². The fourth-order valence-corrected chi connectivity index (χ4v) is 3.71. The SMILES string of the molecule is Cc1ccc(S(=O)(=O)CC(=O)n2cnc3cc(C)c(C)cc32)cc1. The molecular formula is C18H18N2O3S. The van der Waals surface area contributed by atoms with Gasteiger partial charge in [-0.1, -0.05) is 17.7 Å². The molecule has 2 aromatic carbocycles. The van der Waals surface area contributed by atoms with Gasteiger partial charge in [-0.15, -0.1) is 0 Å². The third-order valence-corrected chi connectivity index (χ3v) is 5.74. The molecule has 3 aromatic rings. The van der Waals surface area contributed by atoms with Crippen LogP contribution in [0.1, 0.15) is 21.5 Å². The van der Waals surface area contributed by atoms with Gasteiger partial charge in [0.25, 0.3) is 0 Å². The summed E-state index contributed by atoms with van der Waals surface area (Å²) in [5, 5.41) is 0. The second-order valence-corrected chi connectivity index (χ2v) is 8.00. The summed E-state index contributed by atoms with van der Waals surface area (Å²) in [6.45, 7) is 5.79. The molecule has 0 saturated carbocycles. The van der Waals surface area contributed by atoms with Crippen LogP contribution in [0.15, 0.2) is 47.6 Å². The van der Waals surface area contributed by atoms with Crippen LogP contribution in [0, 0.1) is 20.8 Å². The first kappa shape index (κ1) is 16.4. The fourth-order valence-electron chi connectivity index (χ4n) is 2.52. The topological polar surface area (TPSA) is 69.0 Å². The molecule has 0 aliphatic heterocycles. The quantitative estimate of drug-likeness (QED) is 0.733. The summed E-state index contributed by atoms with van der Waals surface area (Å²) in [5.74, 6) is -1.10. The van der Waals surface area contributed by atoms with Crippen LogP contribution >= 0.6 is 0 Å². The summed E-state index contributed by atoms with van der Waals surface area (Å²) in [7, 11) is -3.69. The van der Waals surface area contributed by atoms with Gasteiger partial charge in [0.15, 0.2) is 9.84 Å². The molecule has 1 heterocycles. The molecule has 1 aromatic heterocycles. The summed E-state index contributed by atoms with van der Waals surface area (Å²) in [6, 6.07) is 10.2. The predicted molar refractivity (Wildman–Crippen MR) is 93.1 cm³/mol. The van der Waals surface area contributed by atoms with Crippen molar-refractivity contribution in [1.29, 1.82) is 0 Å². The number of aromatic nitrogens is 2. The molecule has 0 aliphatic rings. The Bertz CT molecular complexity index is 1030. The minimum absolute atomic E-state index is 0.151. The standard InChI is InChI=1S/C18H18N2O3S/c1-12-4-6-15(7-5-12)24(22,23)10-18(21)20-11-19-16-8-13(2)14(3)9-17(16)20/h4-9,11H,10H2,1-3H3. The van der Waals surface area contributed by atoms with Gasteiger partial charge in [-0.3, -0.25) is 9.36 Å². The number of sulfone groups is 1. The molecule has 0 amide bonds. The van der Waals surface area contributed by atoms with E-state index in [1.807, 2.05) is 32.9 Å². The number of benzene rings is 2. The van der Waals surface area contributed by atoms with E-state index in [1.54, 1.807) is 12.1 Å². The van der Waals surface area contributed by atoms with E-state index >= 15 is 0 Å². The first-order valence-corrected chi connectivity index (χ1v) is 9.20. The molecule has 3 rings (SSSR count). The molecular weight excluding hydrogens is 324 g/mol. The maximum atomic E-state index is 12.5. The lowest BCUT2D eigenvalue weighted by molar-refractivity contribution is 0.0944. The monoisotopic (exact) mass is 342 g/mol. The minimum Gasteiger partial charge on any atom is -0.273 e. The number of nitrogens with zero attached hydrogens (tertiary/aromatic N) is 2. The van der Waals surface area contributed by atoms with E-state index in [-0.39, 0.29) is 4.90 Å². The van der Waals surface area contributed by atoms with Crippen molar-refractivity contribution >= 4 is 26.8 Å². The lowest BCUT2D eigenvalue weighted by atomic mass is 10.1. The van der Waals surface area contributed by atoms with Crippen molar-refractivity contribution in [1.82, 2.24) is 9.55 Å². The van der Waals surface area contributed by atoms with E-state index in [0.29, 0.717) is 11.0 Å². The molecule has 5 nitrogen and oxygen atoms in total. The molecule has 124 valence electrons. The summed E-state index contributed by atoms with van der Waals surface area (Å²) >= 11 is 0. The largest absolute Gasteiger partial charge is 0.273 e. The number of imidazole rings is 1. The molecule has 0 N–H and O–H groups in total. The fraction of sp³-hybridized carbons (Fsp3) is 0.222. The Labute approximate surface area is 140 Å². The molecule has 0 radical (unpaired) electrons. The van der Waals surface area contributed by atoms with Gasteiger partial charge in [0.2, 0.25) is 5.91 Å². The average molecular weight is 342 g/mol. The van der Waals surface area contributed by atoms with Crippen LogP contribution in [-0.4, -0.2) is 29.6 Å². The van der Waals surface area contributed by atoms with Gasteiger partial charge in [0, 0.05) is 0 Å². The van der Waals surface area contributed by atoms with Gasteiger partial charge in [-0.25, -0.2) is 13.4 Å². The first-order valence-electron chi connectivity index (χ1n) is 7.55. The molecule has 0 bridgehead atoms. The zero-order valence-electron chi connectivity index (χ0n) is 13.8. The maximum Gasteiger partial charge on any atom is 0.247 e. The predicted octanol–water partition coefficient (Wildman–Crippen LogP) is 3.08. The highest BCUT2D eigenvalue weighted by Crippen LogP contribution is 2.19. The van der Waals surface area contributed by atoms with E-state index in [1.165, 1.54) is 23.0 Å². The van der Waals surface area contributed by atoms with E-state index in [2.05, 4.69) is 4.98 Å². The van der Waals surface area contributed by atoms with Crippen molar-refractivity contribution in [3.63, 3.8) is 0 Å². The molecule has 6 heteroatoms. The van der Waals surface area contributed by atoms with Crippen LogP contribution in [0.5, 0.6) is 0 Å². The number of hydrogen-bond acceptors (Lipinski definition) is 4. The van der Waals surface area contributed by atoms with Crippen LogP contribution < -0.4 is 0 Å². The van der Waals surface area contributed by atoms with Gasteiger partial charge in [0.1, 0.15) is 12.1 Å². The van der Waals surface area contributed by atoms with Crippen LogP contribution in [-0.2, 0) is 9.84 Å². The zero-order valence-corrected chi connectivity index (χ0v) is 14.6. The lowest BCUT2D eigenvalue weighted by Gasteiger charge is -2.07. The molecule has 0 fully saturated rings. The summed E-state index contributed by atoms with van der Waals surface area (Å²) in [5.41, 5.74) is 4.37. The number of carbonyl (C=O) groups is 1. The third-order valence-electron chi connectivity index (χ3n) is 4.13. The molecule has 0 saturated heterocycles. The molecule has 0 unspecified atom stereocenters. The van der Waals surface area contributed by atoms with Gasteiger partial charge < -0.3 is 0 Å². The molecule has 0 aliphatic carbocycles. The van der Waals surface area contributed by atoms with Crippen molar-refractivity contribution in [3.05, 3.63) is 59.4 Å². The van der Waals surface area contributed by atoms with E-state index in [4.69, 9.17) is 0 Å². The van der Waals surface area contributed by atoms with Crippen molar-refractivity contribution in [2.75, 3.05) is 5.75 Å². The third kappa shape index (κ3) is 2.97. The number of fused-ring (bicyclic) bond motifs is 1. The number of aryl methyl sites for hydroxylation is 3. The Morgan fingerprint density at radius 2 is 1.67 bits per heavy atom. The van der Waals surface area contributed by atoms with Crippen LogP contribution in [0.3, 0.4) is 0 Å². The normalized spacial score (nSPS) is 11.8. The first-order chi connectivity index (χ1) is 11.3. The van der Waals surface area contributed by atoms with Crippen LogP contribution in [0.25, 0.3) is 11.0 Å². The number of carbonyl (C=O) groups excluding carboxylic acids is 1. The van der Waals surface area contributed by atoms with Gasteiger partial charge in [-0.05, 0) is 56.2 Å². The van der Waals surface area contributed by atoms with E-state index in [0.717, 1.165) is 16.7 Å². The lowest BCUT2D eigenvalue weighted by Crippen LogP contribution is -2.21. The summed E-state index contributed by atoms with van der Waals surface area (Å²) in [4.78, 5) is 16.9. The molecule has 0 atom stereocenters. The van der Waals surface area contributed by atoms with E-state index in [9.17, 15) is 13.2 Å². The minimum atomic E-state index is -3.69. The Hall–Kier alpha value is -2.47. The Morgan fingerprint density at radius 3 is 2.33 bits per heavy atom. The van der Waals surface area contributed by atoms with Crippen LogP contribution in [0.4, 0.5) is 0 Å². The molecule has 0 spiro atoms. The Balaban J connectivity index is 1.95. The smallest absolute Gasteiger partial charge is 0.247 e. The van der Waals surface area contributed by atoms with Gasteiger partial charge in [-0.2, -0.15) is 0 Å². The number of rotatable bonds is 3.